The molecule has 0 amide bonds. The molecule has 0 saturated carbocycles. The fourth-order valence-corrected chi connectivity index (χ4v) is 14.0. The van der Waals surface area contributed by atoms with Crippen LogP contribution in [0, 0.1) is 24.7 Å². The molecule has 0 radical (unpaired) electrons. The van der Waals surface area contributed by atoms with Crippen LogP contribution in [0.3, 0.4) is 0 Å². The first-order chi connectivity index (χ1) is 29.6. The zero-order valence-corrected chi connectivity index (χ0v) is 38.9. The fraction of sp³-hybridized carbons (Fsp3) is 0.0345. The van der Waals surface area contributed by atoms with Gasteiger partial charge in [-0.1, -0.05) is 133 Å². The SMILES string of the molecule is [Ag+].[Ag+].[C-]#Cc1ccc2cc3ccccc3cc2c1.[C-]#Cc1ccc2cc3ccccc3cc2c1.c1ccc([PH+](CC[PH+](c2ccccc2)c2ccccc2)c2ccccc2)cc1. The summed E-state index contributed by atoms with van der Waals surface area (Å²) >= 11 is 0. The number of rotatable bonds is 7. The standard InChI is InChI=1S/C26H24P2.2C16H9.2Ag/c1-5-13-23(14-6-1)27(24-15-7-2-8-16-24)21-22-28(25-17-9-3-10-18-25)26-19-11-4-12-20-26;2*1-2-12-7-8-15-10-13-5-3-4-6-14(13)11-16(15)9-12;;/h1-20H,21-22H2;2*3-11H;;/q;2*-1;2*+1/p+2. The third-order valence-corrected chi connectivity index (χ3v) is 16.9. The number of hydrogen-bond acceptors (Lipinski definition) is 0. The van der Waals surface area contributed by atoms with Gasteiger partial charge in [0.15, 0.2) is 0 Å². The van der Waals surface area contributed by atoms with E-state index in [2.05, 4.69) is 182 Å². The quantitative estimate of drug-likeness (QED) is 0.0491. The van der Waals surface area contributed by atoms with Gasteiger partial charge in [0.2, 0.25) is 0 Å². The molecule has 10 rings (SSSR count). The normalized spacial score (nSPS) is 10.4. The molecule has 0 atom stereocenters. The first-order valence-corrected chi connectivity index (χ1v) is 23.7. The molecule has 4 heteroatoms. The van der Waals surface area contributed by atoms with E-state index in [4.69, 9.17) is 12.8 Å². The van der Waals surface area contributed by atoms with Crippen molar-refractivity contribution in [2.24, 2.45) is 0 Å². The Morgan fingerprint density at radius 2 is 0.516 bits per heavy atom. The molecule has 0 N–H and O–H groups in total. The maximum absolute atomic E-state index is 7.13. The van der Waals surface area contributed by atoms with Gasteiger partial charge in [0, 0.05) is 0 Å². The molecule has 306 valence electrons. The Morgan fingerprint density at radius 1 is 0.274 bits per heavy atom. The van der Waals surface area contributed by atoms with Crippen LogP contribution in [-0.2, 0) is 44.8 Å². The Kier molecular flexibility index (Phi) is 17.3. The van der Waals surface area contributed by atoms with Crippen LogP contribution in [-0.4, -0.2) is 12.3 Å². The van der Waals surface area contributed by atoms with Crippen molar-refractivity contribution in [2.45, 2.75) is 0 Å². The van der Waals surface area contributed by atoms with Gasteiger partial charge in [-0.25, -0.2) is 0 Å². The summed E-state index contributed by atoms with van der Waals surface area (Å²) in [6.45, 7) is 0. The Bertz CT molecular complexity index is 2780. The zero-order chi connectivity index (χ0) is 40.9. The van der Waals surface area contributed by atoms with E-state index in [1.54, 1.807) is 0 Å². The summed E-state index contributed by atoms with van der Waals surface area (Å²) in [4.78, 5) is 0. The van der Waals surface area contributed by atoms with Crippen molar-refractivity contribution in [3.05, 3.63) is 254 Å². The van der Waals surface area contributed by atoms with Gasteiger partial charge in [0.1, 0.15) is 12.3 Å². The van der Waals surface area contributed by atoms with Gasteiger partial charge in [-0.3, -0.25) is 11.8 Å². The summed E-state index contributed by atoms with van der Waals surface area (Å²) in [5, 5.41) is 15.8. The topological polar surface area (TPSA) is 0 Å². The number of fused-ring (bicyclic) bond motifs is 4. The molecule has 0 aliphatic rings. The molecule has 0 bridgehead atoms. The van der Waals surface area contributed by atoms with E-state index >= 15 is 0 Å². The summed E-state index contributed by atoms with van der Waals surface area (Å²) in [5.41, 5.74) is 1.64. The predicted molar refractivity (Wildman–Crippen MR) is 266 cm³/mol. The van der Waals surface area contributed by atoms with Crippen LogP contribution < -0.4 is 21.2 Å². The van der Waals surface area contributed by atoms with Crippen molar-refractivity contribution in [1.29, 1.82) is 0 Å². The van der Waals surface area contributed by atoms with Crippen LogP contribution in [0.25, 0.3) is 43.1 Å². The largest absolute Gasteiger partial charge is 1.00 e. The molecule has 0 aliphatic heterocycles. The van der Waals surface area contributed by atoms with E-state index in [0.29, 0.717) is 0 Å². The maximum atomic E-state index is 7.13. The van der Waals surface area contributed by atoms with Crippen molar-refractivity contribution in [1.82, 2.24) is 0 Å². The molecule has 10 aromatic rings. The van der Waals surface area contributed by atoms with Gasteiger partial charge in [0.05, 0.1) is 37.1 Å². The second kappa shape index (κ2) is 23.2. The Balaban J connectivity index is 0.000000162. The average molecular weight is 1020 g/mol. The van der Waals surface area contributed by atoms with Crippen molar-refractivity contribution < 1.29 is 44.8 Å². The van der Waals surface area contributed by atoms with Crippen LogP contribution in [0.5, 0.6) is 0 Å². The molecule has 0 nitrogen and oxygen atoms in total. The van der Waals surface area contributed by atoms with Crippen LogP contribution in [0.1, 0.15) is 11.1 Å². The minimum atomic E-state index is -0.783. The summed E-state index contributed by atoms with van der Waals surface area (Å²) in [7, 11) is -1.57. The second-order valence-corrected chi connectivity index (χ2v) is 19.9. The molecular formula is C58H44Ag2P2+2. The Hall–Kier alpha value is -5.30. The molecule has 62 heavy (non-hydrogen) atoms. The van der Waals surface area contributed by atoms with Gasteiger partial charge in [0.25, 0.3) is 0 Å². The van der Waals surface area contributed by atoms with Gasteiger partial charge in [-0.05, 0) is 116 Å². The monoisotopic (exact) mass is 1020 g/mol. The smallest absolute Gasteiger partial charge is 0.366 e. The van der Waals surface area contributed by atoms with Crippen LogP contribution in [0.2, 0.25) is 0 Å². The fourth-order valence-electron chi connectivity index (χ4n) is 7.75. The van der Waals surface area contributed by atoms with Gasteiger partial charge in [-0.2, -0.15) is 0 Å². The van der Waals surface area contributed by atoms with Gasteiger partial charge in [-0.15, -0.1) is 35.4 Å². The number of hydrogen-bond donors (Lipinski definition) is 0. The molecule has 0 fully saturated rings. The Labute approximate surface area is 400 Å². The molecule has 0 saturated heterocycles. The summed E-state index contributed by atoms with van der Waals surface area (Å²) in [6.07, 6.45) is 16.8. The van der Waals surface area contributed by atoms with Gasteiger partial charge < -0.3 is 12.8 Å². The van der Waals surface area contributed by atoms with Crippen LogP contribution in [0.15, 0.2) is 231 Å². The van der Waals surface area contributed by atoms with E-state index in [0.717, 1.165) is 21.9 Å². The Morgan fingerprint density at radius 3 is 0.790 bits per heavy atom. The second-order valence-electron chi connectivity index (χ2n) is 14.7. The zero-order valence-electron chi connectivity index (χ0n) is 34.0. The van der Waals surface area contributed by atoms with Crippen LogP contribution >= 0.6 is 15.8 Å². The minimum absolute atomic E-state index is 0. The summed E-state index contributed by atoms with van der Waals surface area (Å²) in [5.74, 6) is 4.83. The van der Waals surface area contributed by atoms with Crippen molar-refractivity contribution >= 4 is 80.2 Å². The third kappa shape index (κ3) is 11.8. The maximum Gasteiger partial charge on any atom is 1.00 e. The molecule has 0 heterocycles. The van der Waals surface area contributed by atoms with E-state index in [1.807, 2.05) is 60.7 Å². The van der Waals surface area contributed by atoms with Crippen molar-refractivity contribution in [3.8, 4) is 11.8 Å². The van der Waals surface area contributed by atoms with Crippen molar-refractivity contribution in [3.63, 3.8) is 0 Å². The average Bonchev–Trinajstić information content (AvgIpc) is 3.32. The first kappa shape index (κ1) is 46.2. The van der Waals surface area contributed by atoms with E-state index in [1.165, 1.54) is 65.9 Å². The molecule has 0 aromatic heterocycles. The van der Waals surface area contributed by atoms with E-state index < -0.39 is 15.8 Å². The minimum Gasteiger partial charge on any atom is -0.366 e. The van der Waals surface area contributed by atoms with E-state index in [-0.39, 0.29) is 44.8 Å². The molecule has 0 unspecified atom stereocenters. The molecule has 0 spiro atoms. The predicted octanol–water partition coefficient (Wildman–Crippen LogP) is 12.6. The molecule has 0 aliphatic carbocycles. The van der Waals surface area contributed by atoms with Crippen molar-refractivity contribution in [2.75, 3.05) is 12.3 Å². The number of benzene rings is 10. The third-order valence-electron chi connectivity index (χ3n) is 10.8. The van der Waals surface area contributed by atoms with Gasteiger partial charge >= 0.3 is 44.8 Å². The molecule has 10 aromatic carbocycles. The van der Waals surface area contributed by atoms with Crippen LogP contribution in [0.4, 0.5) is 0 Å². The summed E-state index contributed by atoms with van der Waals surface area (Å²) in [6, 6.07) is 81.7. The first-order valence-electron chi connectivity index (χ1n) is 20.3. The molecular weight excluding hydrogens is 974 g/mol. The van der Waals surface area contributed by atoms with E-state index in [9.17, 15) is 0 Å². The summed E-state index contributed by atoms with van der Waals surface area (Å²) < 4.78 is 0.